The second-order valence-electron chi connectivity index (χ2n) is 8.63. The molecule has 0 spiro atoms. The van der Waals surface area contributed by atoms with E-state index in [1.165, 1.54) is 38.5 Å². The Morgan fingerprint density at radius 2 is 1.39 bits per heavy atom. The van der Waals surface area contributed by atoms with Gasteiger partial charge in [0.2, 0.25) is 0 Å². The Labute approximate surface area is 174 Å². The molecule has 0 saturated carbocycles. The topological polar surface area (TPSA) is 66.8 Å². The maximum atomic E-state index is 11.5. The quantitative estimate of drug-likeness (QED) is 0.182. The third kappa shape index (κ3) is 9.73. The van der Waals surface area contributed by atoms with Gasteiger partial charge < -0.3 is 14.9 Å². The minimum atomic E-state index is -0.691. The first-order valence-electron chi connectivity index (χ1n) is 11.9. The van der Waals surface area contributed by atoms with Crippen molar-refractivity contribution in [2.45, 2.75) is 131 Å². The van der Waals surface area contributed by atoms with Crippen LogP contribution in [0.25, 0.3) is 0 Å². The van der Waals surface area contributed by atoms with Crippen LogP contribution in [0.1, 0.15) is 125 Å². The van der Waals surface area contributed by atoms with Gasteiger partial charge in [-0.05, 0) is 56.8 Å². The van der Waals surface area contributed by atoms with E-state index in [9.17, 15) is 15.0 Å². The Balaban J connectivity index is 4.09. The largest absolute Gasteiger partial charge is 0.481 e. The second-order valence-corrected chi connectivity index (χ2v) is 8.63. The van der Waals surface area contributed by atoms with Crippen LogP contribution in [0.2, 0.25) is 0 Å². The number of hydrogen-bond donors (Lipinski definition) is 2. The molecular formula is C24H48O4. The Hall–Kier alpha value is -0.610. The van der Waals surface area contributed by atoms with Crippen LogP contribution in [0.3, 0.4) is 0 Å². The summed E-state index contributed by atoms with van der Waals surface area (Å²) in [4.78, 5) is 11.5. The molecule has 168 valence electrons. The molecule has 0 aromatic carbocycles. The maximum Gasteiger partial charge on any atom is 0.309 e. The summed E-state index contributed by atoms with van der Waals surface area (Å²) in [5.74, 6) is -0.687. The maximum absolute atomic E-state index is 11.5. The molecule has 0 amide bonds. The highest BCUT2D eigenvalue weighted by Crippen LogP contribution is 2.38. The summed E-state index contributed by atoms with van der Waals surface area (Å²) in [5.41, 5.74) is -0.171. The van der Waals surface area contributed by atoms with E-state index in [2.05, 4.69) is 20.8 Å². The molecule has 1 atom stereocenters. The van der Waals surface area contributed by atoms with Gasteiger partial charge in [0.05, 0.1) is 5.41 Å². The number of carboxylic acids is 1. The molecule has 0 radical (unpaired) electrons. The van der Waals surface area contributed by atoms with Crippen LogP contribution < -0.4 is 0 Å². The van der Waals surface area contributed by atoms with Crippen LogP contribution in [0.4, 0.5) is 0 Å². The van der Waals surface area contributed by atoms with Crippen LogP contribution in [0.5, 0.6) is 0 Å². The fourth-order valence-electron chi connectivity index (χ4n) is 4.36. The number of ether oxygens (including phenoxy) is 1. The molecule has 2 N–H and O–H groups in total. The van der Waals surface area contributed by atoms with Gasteiger partial charge in [0.25, 0.3) is 0 Å². The van der Waals surface area contributed by atoms with Gasteiger partial charge in [0, 0.05) is 6.61 Å². The zero-order valence-electron chi connectivity index (χ0n) is 19.4. The van der Waals surface area contributed by atoms with Crippen LogP contribution in [0, 0.1) is 10.8 Å². The third-order valence-corrected chi connectivity index (χ3v) is 7.14. The molecule has 1 unspecified atom stereocenters. The summed E-state index contributed by atoms with van der Waals surface area (Å²) in [5, 5.41) is 19.6. The number of hydrogen-bond acceptors (Lipinski definition) is 3. The van der Waals surface area contributed by atoms with Crippen molar-refractivity contribution in [2.24, 2.45) is 10.8 Å². The lowest BCUT2D eigenvalue weighted by Gasteiger charge is -2.32. The zero-order chi connectivity index (χ0) is 21.5. The number of rotatable bonds is 19. The predicted octanol–water partition coefficient (Wildman–Crippen LogP) is 6.94. The Bertz CT molecular complexity index is 386. The van der Waals surface area contributed by atoms with Crippen LogP contribution in [-0.2, 0) is 9.53 Å². The summed E-state index contributed by atoms with van der Waals surface area (Å²) in [6.45, 7) is 11.3. The molecule has 0 aromatic rings. The minimum Gasteiger partial charge on any atom is -0.481 e. The number of aliphatic hydroxyl groups excluding tert-OH is 1. The first-order valence-corrected chi connectivity index (χ1v) is 11.9. The molecule has 0 rings (SSSR count). The number of unbranched alkanes of at least 4 members (excludes halogenated alkanes) is 3. The van der Waals surface area contributed by atoms with Gasteiger partial charge in [-0.25, -0.2) is 0 Å². The van der Waals surface area contributed by atoms with Crippen LogP contribution >= 0.6 is 0 Å². The molecule has 4 nitrogen and oxygen atoms in total. The molecule has 0 aromatic heterocycles. The molecule has 0 aliphatic carbocycles. The molecule has 0 saturated heterocycles. The van der Waals surface area contributed by atoms with Crippen molar-refractivity contribution < 1.29 is 19.7 Å². The summed E-state index contributed by atoms with van der Waals surface area (Å²) in [6, 6.07) is 0. The second kappa shape index (κ2) is 15.3. The van der Waals surface area contributed by atoms with E-state index in [1.54, 1.807) is 0 Å². The van der Waals surface area contributed by atoms with Gasteiger partial charge in [-0.1, -0.05) is 73.1 Å². The highest BCUT2D eigenvalue weighted by molar-refractivity contribution is 5.74. The van der Waals surface area contributed by atoms with Gasteiger partial charge >= 0.3 is 5.97 Å². The van der Waals surface area contributed by atoms with E-state index in [0.717, 1.165) is 25.7 Å². The minimum absolute atomic E-state index is 0.426. The molecule has 0 bridgehead atoms. The highest BCUT2D eigenvalue weighted by Gasteiger charge is 2.33. The summed E-state index contributed by atoms with van der Waals surface area (Å²) in [7, 11) is 0. The van der Waals surface area contributed by atoms with E-state index in [0.29, 0.717) is 37.7 Å². The number of carboxylic acid groups (broad SMARTS) is 1. The van der Waals surface area contributed by atoms with E-state index in [-0.39, 0.29) is 0 Å². The lowest BCUT2D eigenvalue weighted by Crippen LogP contribution is -2.29. The third-order valence-electron chi connectivity index (χ3n) is 7.14. The number of carbonyl (C=O) groups is 1. The monoisotopic (exact) mass is 400 g/mol. The van der Waals surface area contributed by atoms with E-state index < -0.39 is 17.7 Å². The standard InChI is InChI=1S/C24H48O4/c1-6-11-12-17-23(7-2,8-3)18-15-16-21(25)28-20-14-13-19-24(9-4,10-5)22(26)27/h21,25H,6-20H2,1-5H3,(H,26,27). The summed E-state index contributed by atoms with van der Waals surface area (Å²) >= 11 is 0. The molecule has 0 aliphatic rings. The smallest absolute Gasteiger partial charge is 0.309 e. The van der Waals surface area contributed by atoms with Crippen molar-refractivity contribution in [1.29, 1.82) is 0 Å². The first-order chi connectivity index (χ1) is 13.3. The van der Waals surface area contributed by atoms with Crippen molar-refractivity contribution in [3.63, 3.8) is 0 Å². The van der Waals surface area contributed by atoms with Crippen molar-refractivity contribution in [2.75, 3.05) is 6.61 Å². The van der Waals surface area contributed by atoms with E-state index in [1.807, 2.05) is 13.8 Å². The number of aliphatic carboxylic acids is 1. The average molecular weight is 401 g/mol. The Morgan fingerprint density at radius 3 is 1.89 bits per heavy atom. The van der Waals surface area contributed by atoms with Gasteiger partial charge in [0.1, 0.15) is 0 Å². The van der Waals surface area contributed by atoms with Gasteiger partial charge in [-0.2, -0.15) is 0 Å². The Morgan fingerprint density at radius 1 is 0.821 bits per heavy atom. The van der Waals surface area contributed by atoms with Gasteiger partial charge in [0.15, 0.2) is 6.29 Å². The van der Waals surface area contributed by atoms with Crippen LogP contribution in [0.15, 0.2) is 0 Å². The normalized spacial score (nSPS) is 13.6. The molecule has 28 heavy (non-hydrogen) atoms. The highest BCUT2D eigenvalue weighted by atomic mass is 16.6. The molecule has 0 aliphatic heterocycles. The molecule has 0 fully saturated rings. The molecule has 0 heterocycles. The van der Waals surface area contributed by atoms with E-state index >= 15 is 0 Å². The van der Waals surface area contributed by atoms with Crippen molar-refractivity contribution in [3.05, 3.63) is 0 Å². The zero-order valence-corrected chi connectivity index (χ0v) is 19.4. The van der Waals surface area contributed by atoms with Gasteiger partial charge in [-0.3, -0.25) is 4.79 Å². The van der Waals surface area contributed by atoms with Gasteiger partial charge in [-0.15, -0.1) is 0 Å². The molecular weight excluding hydrogens is 352 g/mol. The van der Waals surface area contributed by atoms with Crippen molar-refractivity contribution in [1.82, 2.24) is 0 Å². The fourth-order valence-corrected chi connectivity index (χ4v) is 4.36. The Kier molecular flexibility index (Phi) is 14.9. The fraction of sp³-hybridized carbons (Fsp3) is 0.958. The molecule has 4 heteroatoms. The SMILES string of the molecule is CCCCCC(CC)(CC)CCCC(O)OCCCCC(CC)(CC)C(=O)O. The van der Waals surface area contributed by atoms with Crippen molar-refractivity contribution >= 4 is 5.97 Å². The number of aliphatic hydroxyl groups is 1. The van der Waals surface area contributed by atoms with Crippen molar-refractivity contribution in [3.8, 4) is 0 Å². The average Bonchev–Trinajstić information content (AvgIpc) is 2.69. The predicted molar refractivity (Wildman–Crippen MR) is 117 cm³/mol. The lowest BCUT2D eigenvalue weighted by atomic mass is 9.74. The summed E-state index contributed by atoms with van der Waals surface area (Å²) in [6.07, 6.45) is 13.4. The first kappa shape index (κ1) is 27.4. The van der Waals surface area contributed by atoms with Crippen LogP contribution in [-0.4, -0.2) is 29.1 Å². The lowest BCUT2D eigenvalue weighted by molar-refractivity contribution is -0.150. The summed E-state index contributed by atoms with van der Waals surface area (Å²) < 4.78 is 5.57. The van der Waals surface area contributed by atoms with E-state index in [4.69, 9.17) is 4.74 Å².